The number of aromatic nitrogens is 2. The topological polar surface area (TPSA) is 111 Å². The van der Waals surface area contributed by atoms with Crippen LogP contribution in [0.25, 0.3) is 11.3 Å². The Morgan fingerprint density at radius 2 is 1.81 bits per heavy atom. The highest BCUT2D eigenvalue weighted by atomic mass is 16.5. The van der Waals surface area contributed by atoms with Crippen LogP contribution in [0.1, 0.15) is 50.0 Å². The molecule has 0 saturated heterocycles. The Kier molecular flexibility index (Phi) is 6.69. The number of Topliss-reactive ketones (excluding diaryl/α,β-unsaturated/α-hetero) is 1. The molecular formula is C23H24N2O6. The number of methoxy groups -OCH3 is 1. The Labute approximate surface area is 179 Å². The average Bonchev–Trinajstić information content (AvgIpc) is 3.34. The number of rotatable bonds is 8. The molecule has 8 heteroatoms. The lowest BCUT2D eigenvalue weighted by atomic mass is 10.1. The number of esters is 2. The summed E-state index contributed by atoms with van der Waals surface area (Å²) in [6.07, 6.45) is 1.90. The van der Waals surface area contributed by atoms with Gasteiger partial charge in [-0.1, -0.05) is 29.8 Å². The molecule has 0 aliphatic carbocycles. The van der Waals surface area contributed by atoms with Crippen molar-refractivity contribution in [3.05, 3.63) is 64.4 Å². The number of aryl methyl sites for hydroxylation is 3. The van der Waals surface area contributed by atoms with Gasteiger partial charge in [0, 0.05) is 17.7 Å². The predicted octanol–water partition coefficient (Wildman–Crippen LogP) is 3.74. The van der Waals surface area contributed by atoms with E-state index in [1.54, 1.807) is 20.0 Å². The van der Waals surface area contributed by atoms with Crippen LogP contribution in [0.2, 0.25) is 0 Å². The number of oxazole rings is 1. The number of ether oxygens (including phenoxy) is 2. The lowest BCUT2D eigenvalue weighted by molar-refractivity contribution is -0.142. The second kappa shape index (κ2) is 9.42. The van der Waals surface area contributed by atoms with Gasteiger partial charge in [-0.15, -0.1) is 0 Å². The summed E-state index contributed by atoms with van der Waals surface area (Å²) in [5.41, 5.74) is 3.57. The van der Waals surface area contributed by atoms with Crippen LogP contribution >= 0.6 is 0 Å². The first-order chi connectivity index (χ1) is 14.8. The van der Waals surface area contributed by atoms with Gasteiger partial charge in [-0.25, -0.2) is 9.78 Å². The molecule has 0 bridgehead atoms. The van der Waals surface area contributed by atoms with E-state index in [4.69, 9.17) is 13.9 Å². The minimum absolute atomic E-state index is 0.0251. The smallest absolute Gasteiger partial charge is 0.339 e. The van der Waals surface area contributed by atoms with Crippen LogP contribution < -0.4 is 0 Å². The zero-order valence-corrected chi connectivity index (χ0v) is 17.9. The number of hydrogen-bond acceptors (Lipinski definition) is 7. The van der Waals surface area contributed by atoms with Crippen molar-refractivity contribution < 1.29 is 28.3 Å². The molecule has 2 heterocycles. The highest BCUT2D eigenvalue weighted by Gasteiger charge is 2.23. The fraction of sp³-hybridized carbons (Fsp3) is 0.304. The Morgan fingerprint density at radius 1 is 1.10 bits per heavy atom. The van der Waals surface area contributed by atoms with Crippen molar-refractivity contribution in [2.24, 2.45) is 0 Å². The number of hydrogen-bond donors (Lipinski definition) is 1. The highest BCUT2D eigenvalue weighted by Crippen LogP contribution is 2.22. The summed E-state index contributed by atoms with van der Waals surface area (Å²) in [4.78, 5) is 43.3. The maximum absolute atomic E-state index is 12.4. The van der Waals surface area contributed by atoms with Crippen LogP contribution in [0.4, 0.5) is 0 Å². The van der Waals surface area contributed by atoms with Gasteiger partial charge in [-0.3, -0.25) is 9.59 Å². The van der Waals surface area contributed by atoms with Gasteiger partial charge in [0.25, 0.3) is 0 Å². The molecule has 0 saturated carbocycles. The first-order valence-corrected chi connectivity index (χ1v) is 9.78. The second-order valence-electron chi connectivity index (χ2n) is 7.18. The van der Waals surface area contributed by atoms with E-state index in [1.807, 2.05) is 31.2 Å². The molecule has 1 aromatic carbocycles. The Morgan fingerprint density at radius 3 is 2.48 bits per heavy atom. The Balaban J connectivity index is 1.52. The third-order valence-electron chi connectivity index (χ3n) is 4.90. The van der Waals surface area contributed by atoms with Gasteiger partial charge in [0.05, 0.1) is 31.0 Å². The summed E-state index contributed by atoms with van der Waals surface area (Å²) >= 11 is 0. The third kappa shape index (κ3) is 5.09. The van der Waals surface area contributed by atoms with Crippen molar-refractivity contribution in [2.45, 2.75) is 33.6 Å². The largest absolute Gasteiger partial charge is 0.465 e. The maximum atomic E-state index is 12.4. The molecule has 0 unspecified atom stereocenters. The van der Waals surface area contributed by atoms with Gasteiger partial charge < -0.3 is 18.9 Å². The average molecular weight is 424 g/mol. The molecule has 2 aromatic heterocycles. The summed E-state index contributed by atoms with van der Waals surface area (Å²) in [6, 6.07) is 7.84. The molecule has 3 rings (SSSR count). The molecule has 31 heavy (non-hydrogen) atoms. The van der Waals surface area contributed by atoms with Crippen LogP contribution in [0.15, 0.2) is 34.9 Å². The Bertz CT molecular complexity index is 1110. The summed E-state index contributed by atoms with van der Waals surface area (Å²) in [5, 5.41) is 0. The van der Waals surface area contributed by atoms with Gasteiger partial charge in [-0.2, -0.15) is 0 Å². The number of nitrogens with zero attached hydrogens (tertiary/aromatic N) is 1. The number of benzene rings is 1. The van der Waals surface area contributed by atoms with Crippen LogP contribution in [0.5, 0.6) is 0 Å². The van der Waals surface area contributed by atoms with Crippen LogP contribution in [-0.4, -0.2) is 41.4 Å². The number of carbonyl (C=O) groups excluding carboxylic acids is 3. The minimum atomic E-state index is -0.544. The molecule has 0 spiro atoms. The van der Waals surface area contributed by atoms with Crippen molar-refractivity contribution in [1.82, 2.24) is 9.97 Å². The molecule has 162 valence electrons. The van der Waals surface area contributed by atoms with Gasteiger partial charge in [0.15, 0.2) is 18.3 Å². The molecule has 0 amide bonds. The minimum Gasteiger partial charge on any atom is -0.465 e. The van der Waals surface area contributed by atoms with Crippen molar-refractivity contribution in [3.63, 3.8) is 0 Å². The molecule has 8 nitrogen and oxygen atoms in total. The number of ketones is 1. The fourth-order valence-corrected chi connectivity index (χ4v) is 3.21. The number of H-pyrrole nitrogens is 1. The van der Waals surface area contributed by atoms with Crippen molar-refractivity contribution in [1.29, 1.82) is 0 Å². The number of nitrogens with one attached hydrogen (secondary N) is 1. The van der Waals surface area contributed by atoms with Crippen LogP contribution in [0.3, 0.4) is 0 Å². The second-order valence-corrected chi connectivity index (χ2v) is 7.18. The van der Waals surface area contributed by atoms with Gasteiger partial charge >= 0.3 is 11.9 Å². The molecule has 0 radical (unpaired) electrons. The highest BCUT2D eigenvalue weighted by molar-refractivity contribution is 6.02. The summed E-state index contributed by atoms with van der Waals surface area (Å²) in [5.74, 6) is -0.465. The van der Waals surface area contributed by atoms with E-state index in [9.17, 15) is 14.4 Å². The van der Waals surface area contributed by atoms with Crippen molar-refractivity contribution >= 4 is 17.7 Å². The zero-order chi connectivity index (χ0) is 22.5. The molecule has 0 aliphatic heterocycles. The summed E-state index contributed by atoms with van der Waals surface area (Å²) < 4.78 is 15.5. The van der Waals surface area contributed by atoms with E-state index in [-0.39, 0.29) is 18.5 Å². The zero-order valence-electron chi connectivity index (χ0n) is 17.9. The molecular weight excluding hydrogens is 400 g/mol. The quantitative estimate of drug-likeness (QED) is 0.433. The normalized spacial score (nSPS) is 10.7. The standard InChI is InChI=1S/C23H24N2O6/c1-13-5-7-16(8-6-13)18-11-24-19(31-18)9-10-20(27)30-12-17(26)22-14(2)21(15(3)25-22)23(28)29-4/h5-8,11,25H,9-10,12H2,1-4H3. The molecule has 3 aromatic rings. The molecule has 0 aliphatic rings. The lowest BCUT2D eigenvalue weighted by Crippen LogP contribution is -2.16. The predicted molar refractivity (Wildman–Crippen MR) is 112 cm³/mol. The lowest BCUT2D eigenvalue weighted by Gasteiger charge is -2.04. The van der Waals surface area contributed by atoms with E-state index >= 15 is 0 Å². The first-order valence-electron chi connectivity index (χ1n) is 9.78. The van der Waals surface area contributed by atoms with Crippen molar-refractivity contribution in [2.75, 3.05) is 13.7 Å². The molecule has 1 N–H and O–H groups in total. The number of aromatic amines is 1. The summed E-state index contributed by atoms with van der Waals surface area (Å²) in [6.45, 7) is 4.88. The number of carbonyl (C=O) groups is 3. The monoisotopic (exact) mass is 424 g/mol. The van der Waals surface area contributed by atoms with Crippen molar-refractivity contribution in [3.8, 4) is 11.3 Å². The van der Waals surface area contributed by atoms with Gasteiger partial charge in [0.2, 0.25) is 5.78 Å². The molecule has 0 atom stereocenters. The Hall–Kier alpha value is -3.68. The van der Waals surface area contributed by atoms with Gasteiger partial charge in [-0.05, 0) is 26.3 Å². The summed E-state index contributed by atoms with van der Waals surface area (Å²) in [7, 11) is 1.27. The molecule has 0 fully saturated rings. The SMILES string of the molecule is COC(=O)c1c(C)[nH]c(C(=O)COC(=O)CCc2ncc(-c3ccc(C)cc3)o2)c1C. The van der Waals surface area contributed by atoms with E-state index in [2.05, 4.69) is 9.97 Å². The van der Waals surface area contributed by atoms with Crippen LogP contribution in [-0.2, 0) is 20.7 Å². The van der Waals surface area contributed by atoms with E-state index in [1.165, 1.54) is 7.11 Å². The maximum Gasteiger partial charge on any atom is 0.339 e. The third-order valence-corrected chi connectivity index (χ3v) is 4.90. The van der Waals surface area contributed by atoms with E-state index in [0.717, 1.165) is 11.1 Å². The van der Waals surface area contributed by atoms with Gasteiger partial charge in [0.1, 0.15) is 0 Å². The van der Waals surface area contributed by atoms with E-state index in [0.29, 0.717) is 28.5 Å². The first kappa shape index (κ1) is 22.0. The van der Waals surface area contributed by atoms with Crippen LogP contribution in [0, 0.1) is 20.8 Å². The van der Waals surface area contributed by atoms with E-state index < -0.39 is 24.3 Å². The fourth-order valence-electron chi connectivity index (χ4n) is 3.21.